The van der Waals surface area contributed by atoms with E-state index in [9.17, 15) is 0 Å². The highest BCUT2D eigenvalue weighted by atomic mass is 15.2. The molecule has 0 bridgehead atoms. The minimum absolute atomic E-state index is 0.193. The van der Waals surface area contributed by atoms with Gasteiger partial charge in [0.15, 0.2) is 0 Å². The lowest BCUT2D eigenvalue weighted by atomic mass is 9.94. The second kappa shape index (κ2) is 17.3. The molecule has 0 saturated heterocycles. The lowest BCUT2D eigenvalue weighted by Crippen LogP contribution is -2.35. The largest absolute Gasteiger partial charge is 0.334 e. The Morgan fingerprint density at radius 3 is 0.763 bits per heavy atom. The number of benzene rings is 8. The molecule has 59 heavy (non-hydrogen) atoms. The predicted octanol–water partition coefficient (Wildman–Crippen LogP) is 15.4. The summed E-state index contributed by atoms with van der Waals surface area (Å²) in [4.78, 5) is 9.40. The van der Waals surface area contributed by atoms with E-state index in [0.29, 0.717) is 5.92 Å². The van der Waals surface area contributed by atoms with E-state index in [1.165, 1.54) is 5.69 Å². The molecule has 2 atom stereocenters. The number of allylic oxidation sites excluding steroid dienone is 2. The highest BCUT2D eigenvalue weighted by Gasteiger charge is 2.25. The maximum Gasteiger partial charge on any atom is 0.0585 e. The summed E-state index contributed by atoms with van der Waals surface area (Å²) in [6, 6.07) is 79.9. The van der Waals surface area contributed by atoms with Gasteiger partial charge in [-0.05, 0) is 139 Å². The number of hydrogen-bond donors (Lipinski definition) is 0. The molecule has 1 aliphatic rings. The second-order valence-electron chi connectivity index (χ2n) is 14.7. The highest BCUT2D eigenvalue weighted by Crippen LogP contribution is 2.42. The normalized spacial score (nSPS) is 14.4. The van der Waals surface area contributed by atoms with Gasteiger partial charge in [-0.3, -0.25) is 0 Å². The van der Waals surface area contributed by atoms with E-state index < -0.39 is 0 Å². The molecule has 8 aromatic rings. The molecule has 2 unspecified atom stereocenters. The molecule has 4 nitrogen and oxygen atoms in total. The number of rotatable bonds is 12. The summed E-state index contributed by atoms with van der Waals surface area (Å²) >= 11 is 0. The summed E-state index contributed by atoms with van der Waals surface area (Å²) in [7, 11) is 0. The monoisotopic (exact) mass is 762 g/mol. The van der Waals surface area contributed by atoms with Gasteiger partial charge in [-0.1, -0.05) is 122 Å². The van der Waals surface area contributed by atoms with Crippen LogP contribution in [0, 0.1) is 5.92 Å². The molecule has 0 N–H and O–H groups in total. The van der Waals surface area contributed by atoms with E-state index in [-0.39, 0.29) is 6.04 Å². The van der Waals surface area contributed by atoms with Crippen LogP contribution in [0.5, 0.6) is 0 Å². The molecule has 0 radical (unpaired) electrons. The van der Waals surface area contributed by atoms with Crippen molar-refractivity contribution in [3.05, 3.63) is 249 Å². The Morgan fingerprint density at radius 1 is 0.254 bits per heavy atom. The highest BCUT2D eigenvalue weighted by molar-refractivity contribution is 5.84. The van der Waals surface area contributed by atoms with Gasteiger partial charge < -0.3 is 19.6 Å². The zero-order valence-electron chi connectivity index (χ0n) is 33.1. The fourth-order valence-corrected chi connectivity index (χ4v) is 8.02. The van der Waals surface area contributed by atoms with Gasteiger partial charge in [-0.25, -0.2) is 0 Å². The van der Waals surface area contributed by atoms with E-state index in [1.807, 2.05) is 0 Å². The van der Waals surface area contributed by atoms with Crippen molar-refractivity contribution < 1.29 is 0 Å². The number of para-hydroxylation sites is 5. The molecule has 8 aromatic carbocycles. The van der Waals surface area contributed by atoms with Crippen LogP contribution in [0.2, 0.25) is 0 Å². The Morgan fingerprint density at radius 2 is 0.475 bits per heavy atom. The maximum atomic E-state index is 2.45. The zero-order valence-corrected chi connectivity index (χ0v) is 33.1. The topological polar surface area (TPSA) is 13.0 Å². The van der Waals surface area contributed by atoms with Crippen molar-refractivity contribution >= 4 is 62.6 Å². The van der Waals surface area contributed by atoms with Gasteiger partial charge in [-0.15, -0.1) is 0 Å². The Labute approximate surface area is 348 Å². The average molecular weight is 763 g/mol. The lowest BCUT2D eigenvalue weighted by molar-refractivity contribution is 0.609. The summed E-state index contributed by atoms with van der Waals surface area (Å²) in [6.07, 6.45) is 8.91. The van der Waals surface area contributed by atoms with Crippen molar-refractivity contribution in [2.24, 2.45) is 5.92 Å². The maximum absolute atomic E-state index is 2.45. The van der Waals surface area contributed by atoms with Gasteiger partial charge in [0.25, 0.3) is 0 Å². The van der Waals surface area contributed by atoms with Crippen LogP contribution in [-0.4, -0.2) is 6.04 Å². The Hall–Kier alpha value is -7.56. The summed E-state index contributed by atoms with van der Waals surface area (Å²) in [5, 5.41) is 0. The SMILES string of the molecule is CC1C=CC=CC1N(c1ccccc1)c1ccc(N(c2ccc(N(c3ccccc3)c3ccccc3)cc2)c2ccc(N(c3ccccc3)c3ccccc3)cc2)cc1. The summed E-state index contributed by atoms with van der Waals surface area (Å²) in [5.74, 6) is 0.353. The summed E-state index contributed by atoms with van der Waals surface area (Å²) < 4.78 is 0. The first-order chi connectivity index (χ1) is 29.2. The van der Waals surface area contributed by atoms with E-state index >= 15 is 0 Å². The van der Waals surface area contributed by atoms with Crippen LogP contribution in [0.4, 0.5) is 62.6 Å². The Balaban J connectivity index is 1.12. The molecular formula is C55H46N4. The minimum atomic E-state index is 0.193. The van der Waals surface area contributed by atoms with Crippen LogP contribution in [-0.2, 0) is 0 Å². The van der Waals surface area contributed by atoms with E-state index in [2.05, 4.69) is 275 Å². The first-order valence-corrected chi connectivity index (χ1v) is 20.3. The molecule has 0 heterocycles. The average Bonchev–Trinajstić information content (AvgIpc) is 3.31. The van der Waals surface area contributed by atoms with Crippen LogP contribution in [0.1, 0.15) is 6.92 Å². The summed E-state index contributed by atoms with van der Waals surface area (Å²) in [5.41, 5.74) is 12.1. The molecule has 0 aromatic heterocycles. The smallest absolute Gasteiger partial charge is 0.0585 e. The fraction of sp³-hybridized carbons (Fsp3) is 0.0545. The first-order valence-electron chi connectivity index (χ1n) is 20.3. The van der Waals surface area contributed by atoms with Crippen molar-refractivity contribution in [2.45, 2.75) is 13.0 Å². The van der Waals surface area contributed by atoms with E-state index in [1.54, 1.807) is 0 Å². The molecule has 0 saturated carbocycles. The quantitative estimate of drug-likeness (QED) is 0.123. The molecule has 9 rings (SSSR count). The third-order valence-corrected chi connectivity index (χ3v) is 10.9. The number of hydrogen-bond acceptors (Lipinski definition) is 4. The molecule has 0 aliphatic heterocycles. The molecule has 0 spiro atoms. The van der Waals surface area contributed by atoms with E-state index in [0.717, 1.165) is 56.9 Å². The van der Waals surface area contributed by atoms with Crippen LogP contribution < -0.4 is 19.6 Å². The van der Waals surface area contributed by atoms with E-state index in [4.69, 9.17) is 0 Å². The molecule has 4 heteroatoms. The molecule has 286 valence electrons. The van der Waals surface area contributed by atoms with Crippen LogP contribution in [0.15, 0.2) is 249 Å². The lowest BCUT2D eigenvalue weighted by Gasteiger charge is -2.36. The minimum Gasteiger partial charge on any atom is -0.334 e. The zero-order chi connectivity index (χ0) is 39.8. The Kier molecular flexibility index (Phi) is 10.9. The number of nitrogens with zero attached hydrogens (tertiary/aromatic N) is 4. The molecule has 0 amide bonds. The van der Waals surface area contributed by atoms with Crippen molar-refractivity contribution in [3.63, 3.8) is 0 Å². The standard InChI is InChI=1S/C55H46N4/c1-43-19-17-18-30-55(43)59(48-28-15-6-16-29-48)54-41-39-53(40-42-54)58(51-35-31-49(32-36-51)56(44-20-7-2-8-21-44)45-22-9-3-10-23-45)52-37-33-50(34-38-52)57(46-24-11-4-12-25-46)47-26-13-5-14-27-47/h2-43,55H,1H3. The van der Waals surface area contributed by atoms with Crippen molar-refractivity contribution in [1.29, 1.82) is 0 Å². The molecule has 1 aliphatic carbocycles. The van der Waals surface area contributed by atoms with Gasteiger partial charge in [0, 0.05) is 62.6 Å². The van der Waals surface area contributed by atoms with Gasteiger partial charge in [0.05, 0.1) is 6.04 Å². The second-order valence-corrected chi connectivity index (χ2v) is 14.7. The van der Waals surface area contributed by atoms with Crippen LogP contribution >= 0.6 is 0 Å². The van der Waals surface area contributed by atoms with Crippen molar-refractivity contribution in [3.8, 4) is 0 Å². The van der Waals surface area contributed by atoms with Gasteiger partial charge in [0.2, 0.25) is 0 Å². The van der Waals surface area contributed by atoms with Gasteiger partial charge in [0.1, 0.15) is 0 Å². The van der Waals surface area contributed by atoms with Crippen molar-refractivity contribution in [2.75, 3.05) is 19.6 Å². The van der Waals surface area contributed by atoms with Gasteiger partial charge >= 0.3 is 0 Å². The third kappa shape index (κ3) is 8.03. The van der Waals surface area contributed by atoms with Crippen molar-refractivity contribution in [1.82, 2.24) is 0 Å². The third-order valence-electron chi connectivity index (χ3n) is 10.9. The predicted molar refractivity (Wildman–Crippen MR) is 250 cm³/mol. The fourth-order valence-electron chi connectivity index (χ4n) is 8.02. The Bertz CT molecular complexity index is 2390. The first kappa shape index (κ1) is 37.0. The molecule has 0 fully saturated rings. The van der Waals surface area contributed by atoms with Crippen LogP contribution in [0.25, 0.3) is 0 Å². The number of anilines is 11. The van der Waals surface area contributed by atoms with Crippen LogP contribution in [0.3, 0.4) is 0 Å². The van der Waals surface area contributed by atoms with Gasteiger partial charge in [-0.2, -0.15) is 0 Å². The summed E-state index contributed by atoms with van der Waals surface area (Å²) in [6.45, 7) is 2.29. The molecular weight excluding hydrogens is 717 g/mol.